The number of alkyl carbamates (subject to hydrolysis) is 1. The van der Waals surface area contributed by atoms with Gasteiger partial charge in [-0.1, -0.05) is 19.9 Å². The Balaban J connectivity index is 1.15. The summed E-state index contributed by atoms with van der Waals surface area (Å²) in [6.07, 6.45) is 8.93. The molecule has 7 heterocycles. The average molecular weight is 1060 g/mol. The summed E-state index contributed by atoms with van der Waals surface area (Å²) in [6.45, 7) is 19.7. The number of carbonyl (C=O) groups excluding carboxylic acids is 3. The number of pyridine rings is 1. The predicted octanol–water partition coefficient (Wildman–Crippen LogP) is 7.27. The number of aliphatic hydroxyl groups excluding tert-OH is 1. The van der Waals surface area contributed by atoms with Crippen molar-refractivity contribution in [1.82, 2.24) is 40.1 Å². The van der Waals surface area contributed by atoms with Gasteiger partial charge in [0.15, 0.2) is 0 Å². The van der Waals surface area contributed by atoms with Crippen molar-refractivity contribution in [1.29, 1.82) is 0 Å². The highest BCUT2D eigenvalue weighted by Gasteiger charge is 2.43. The predicted molar refractivity (Wildman–Crippen MR) is 289 cm³/mol. The topological polar surface area (TPSA) is 185 Å². The Morgan fingerprint density at radius 1 is 0.947 bits per heavy atom. The van der Waals surface area contributed by atoms with E-state index in [0.29, 0.717) is 70.3 Å². The van der Waals surface area contributed by atoms with E-state index in [1.54, 1.807) is 27.9 Å². The highest BCUT2D eigenvalue weighted by molar-refractivity contribution is 7.10. The van der Waals surface area contributed by atoms with E-state index >= 15 is 0 Å². The van der Waals surface area contributed by atoms with Crippen molar-refractivity contribution in [3.8, 4) is 22.5 Å². The van der Waals surface area contributed by atoms with E-state index in [2.05, 4.69) is 75.0 Å². The van der Waals surface area contributed by atoms with Crippen LogP contribution < -0.4 is 15.6 Å². The Morgan fingerprint density at radius 2 is 1.69 bits per heavy atom. The number of likely N-dealkylation sites (tertiary alicyclic amines) is 1. The molecule has 1 aromatic carbocycles. The minimum absolute atomic E-state index is 0.0165. The van der Waals surface area contributed by atoms with Crippen LogP contribution in [0.2, 0.25) is 0 Å². The molecular weight excluding hydrogens is 975 g/mol. The van der Waals surface area contributed by atoms with Crippen molar-refractivity contribution in [3.63, 3.8) is 0 Å². The zero-order valence-corrected chi connectivity index (χ0v) is 46.3. The molecule has 19 heteroatoms. The molecule has 0 unspecified atom stereocenters. The molecule has 3 aromatic heterocycles. The molecule has 0 bridgehead atoms. The molecule has 3 N–H and O–H groups in total. The number of nitrogens with one attached hydrogen (secondary N) is 2. The zero-order chi connectivity index (χ0) is 53.0. The Hall–Kier alpha value is -4.73. The second-order valence-electron chi connectivity index (χ2n) is 22.9. The van der Waals surface area contributed by atoms with Gasteiger partial charge in [-0.15, -0.1) is 11.3 Å². The Bertz CT molecular complexity index is 2610. The molecular formula is C56H81N9O9S. The summed E-state index contributed by atoms with van der Waals surface area (Å²) >= 11 is 1.46. The number of piperazine rings is 1. The van der Waals surface area contributed by atoms with Crippen molar-refractivity contribution < 1.29 is 43.2 Å². The molecule has 5 fully saturated rings. The van der Waals surface area contributed by atoms with Gasteiger partial charge in [0.25, 0.3) is 5.91 Å². The summed E-state index contributed by atoms with van der Waals surface area (Å²) in [4.78, 5) is 59.3. The number of methoxy groups -OCH3 is 2. The first-order valence-electron chi connectivity index (χ1n) is 27.4. The summed E-state index contributed by atoms with van der Waals surface area (Å²) in [6, 6.07) is 7.11. The van der Waals surface area contributed by atoms with Crippen LogP contribution in [0.1, 0.15) is 121 Å². The number of fused-ring (bicyclic) bond motifs is 1. The standard InChI is InChI=1S/C56H81N9O9S/c1-36(70-7)47-42(31-39(33-57-47)62-24-22-61(23-25-62)38-14-15-38)49-43(32-56(5,6)35-66)41-30-37(13-16-46(41)64(49)26-29-73-40-17-27-72-28-18-40)45-34-75-51(58-45)50(63-19-9-10-20-63)48(59-54(69)74-55(2,3)4)52(67)65-21-11-12-44(60-65)53(68)71-8/h13,16,30-31,33-34,36,38,40,44,48,50,60,66H,9-12,14-15,17-29,32,35H2,1-8H3,(H,59,69)/t36-,44-,48-,50-/m0/s1. The van der Waals surface area contributed by atoms with Crippen LogP contribution in [0.4, 0.5) is 10.5 Å². The molecule has 2 amide bonds. The number of esters is 1. The summed E-state index contributed by atoms with van der Waals surface area (Å²) < 4.78 is 31.6. The highest BCUT2D eigenvalue weighted by Crippen LogP contribution is 2.44. The van der Waals surface area contributed by atoms with Gasteiger partial charge in [0, 0.05) is 99.7 Å². The van der Waals surface area contributed by atoms with Crippen molar-refractivity contribution in [2.75, 3.05) is 91.4 Å². The van der Waals surface area contributed by atoms with E-state index in [1.807, 2.05) is 11.6 Å². The number of hydrazine groups is 1. The highest BCUT2D eigenvalue weighted by atomic mass is 32.1. The van der Waals surface area contributed by atoms with E-state index in [-0.39, 0.29) is 18.8 Å². The lowest BCUT2D eigenvalue weighted by molar-refractivity contribution is -0.151. The summed E-state index contributed by atoms with van der Waals surface area (Å²) in [5.41, 5.74) is 9.50. The SMILES string of the molecule is COC(=O)[C@@H]1CCCN(C(=O)[C@@H](NC(=O)OC(C)(C)C)[C@@H](c2nc(-c3ccc4c(c3)c(CC(C)(C)CO)c(-c3cc(N5CCN(C6CC6)CC5)cnc3[C@H](C)OC)n4CCOC3CCOCC3)cs2)N2CCCC2)N1. The van der Waals surface area contributed by atoms with E-state index in [1.165, 1.54) is 36.3 Å². The molecule has 4 atom stereocenters. The number of benzene rings is 1. The number of hydrogen-bond donors (Lipinski definition) is 3. The molecule has 4 saturated heterocycles. The third-order valence-electron chi connectivity index (χ3n) is 15.5. The number of amides is 2. The van der Waals surface area contributed by atoms with Crippen LogP contribution in [0.15, 0.2) is 35.8 Å². The fraction of sp³-hybridized carbons (Fsp3) is 0.661. The second-order valence-corrected chi connectivity index (χ2v) is 23.8. The Kier molecular flexibility index (Phi) is 17.5. The lowest BCUT2D eigenvalue weighted by atomic mass is 9.84. The number of nitrogens with zero attached hydrogens (tertiary/aromatic N) is 7. The average Bonchev–Trinajstić information content (AvgIpc) is 3.77. The van der Waals surface area contributed by atoms with Gasteiger partial charge in [-0.3, -0.25) is 29.4 Å². The van der Waals surface area contributed by atoms with Crippen molar-refractivity contribution in [2.45, 2.75) is 148 Å². The molecule has 410 valence electrons. The maximum atomic E-state index is 14.9. The number of rotatable bonds is 19. The smallest absolute Gasteiger partial charge is 0.408 e. The zero-order valence-electron chi connectivity index (χ0n) is 45.5. The normalized spacial score (nSPS) is 20.8. The first-order valence-corrected chi connectivity index (χ1v) is 28.2. The van der Waals surface area contributed by atoms with Crippen LogP contribution in [0.25, 0.3) is 33.4 Å². The lowest BCUT2D eigenvalue weighted by Crippen LogP contribution is -2.62. The fourth-order valence-electron chi connectivity index (χ4n) is 11.3. The first-order chi connectivity index (χ1) is 36.0. The van der Waals surface area contributed by atoms with Crippen molar-refractivity contribution in [3.05, 3.63) is 52.1 Å². The molecule has 0 radical (unpaired) electrons. The molecule has 9 rings (SSSR count). The second kappa shape index (κ2) is 23.9. The minimum atomic E-state index is -1.11. The number of hydrogen-bond acceptors (Lipinski definition) is 16. The van der Waals surface area contributed by atoms with Crippen LogP contribution in [-0.2, 0) is 46.2 Å². The van der Waals surface area contributed by atoms with Crippen molar-refractivity contribution >= 4 is 45.9 Å². The maximum Gasteiger partial charge on any atom is 0.408 e. The van der Waals surface area contributed by atoms with Crippen LogP contribution in [-0.4, -0.2) is 169 Å². The summed E-state index contributed by atoms with van der Waals surface area (Å²) in [7, 11) is 3.06. The Labute approximate surface area is 446 Å². The number of thiazole rings is 1. The molecule has 1 aliphatic carbocycles. The van der Waals surface area contributed by atoms with Crippen molar-refractivity contribution in [2.24, 2.45) is 5.41 Å². The number of aliphatic hydroxyl groups is 1. The molecule has 0 spiro atoms. The van der Waals surface area contributed by atoms with Crippen LogP contribution in [0.5, 0.6) is 0 Å². The molecule has 75 heavy (non-hydrogen) atoms. The van der Waals surface area contributed by atoms with Gasteiger partial charge in [0.05, 0.1) is 60.9 Å². The molecule has 4 aliphatic heterocycles. The van der Waals surface area contributed by atoms with E-state index in [4.69, 9.17) is 33.7 Å². The van der Waals surface area contributed by atoms with Gasteiger partial charge in [-0.25, -0.2) is 15.2 Å². The number of ether oxygens (including phenoxy) is 5. The van der Waals surface area contributed by atoms with E-state index in [0.717, 1.165) is 108 Å². The first kappa shape index (κ1) is 55.0. The third-order valence-corrected chi connectivity index (χ3v) is 16.4. The van der Waals surface area contributed by atoms with Gasteiger partial charge in [-0.2, -0.15) is 0 Å². The van der Waals surface area contributed by atoms with Crippen LogP contribution >= 0.6 is 11.3 Å². The largest absolute Gasteiger partial charge is 0.468 e. The number of anilines is 1. The molecule has 18 nitrogen and oxygen atoms in total. The van der Waals surface area contributed by atoms with Crippen LogP contribution in [0.3, 0.4) is 0 Å². The molecule has 1 saturated carbocycles. The van der Waals surface area contributed by atoms with Gasteiger partial charge in [0.1, 0.15) is 22.7 Å². The van der Waals surface area contributed by atoms with Gasteiger partial charge in [-0.05, 0) is 128 Å². The third kappa shape index (κ3) is 13.0. The van der Waals surface area contributed by atoms with Gasteiger partial charge in [0.2, 0.25) is 0 Å². The fourth-order valence-corrected chi connectivity index (χ4v) is 12.3. The Morgan fingerprint density at radius 3 is 2.37 bits per heavy atom. The van der Waals surface area contributed by atoms with Gasteiger partial charge < -0.3 is 43.6 Å². The number of aromatic nitrogens is 3. The van der Waals surface area contributed by atoms with E-state index in [9.17, 15) is 19.5 Å². The molecule has 5 aliphatic rings. The van der Waals surface area contributed by atoms with E-state index < -0.39 is 47.1 Å². The summed E-state index contributed by atoms with van der Waals surface area (Å²) in [5.74, 6) is -0.847. The quantitative estimate of drug-likeness (QED) is 0.0796. The minimum Gasteiger partial charge on any atom is -0.468 e. The monoisotopic (exact) mass is 1060 g/mol. The van der Waals surface area contributed by atoms with Crippen LogP contribution in [0, 0.1) is 5.41 Å². The lowest BCUT2D eigenvalue weighted by Gasteiger charge is -2.38. The number of carbonyl (C=O) groups is 3. The molecule has 4 aromatic rings. The summed E-state index contributed by atoms with van der Waals surface area (Å²) in [5, 5.41) is 19.1. The van der Waals surface area contributed by atoms with Gasteiger partial charge >= 0.3 is 12.1 Å². The maximum absolute atomic E-state index is 14.9.